The largest absolute Gasteiger partial charge is 0.378 e. The second kappa shape index (κ2) is 8.16. The van der Waals surface area contributed by atoms with Gasteiger partial charge in [0.1, 0.15) is 5.70 Å². The molecule has 1 aliphatic rings. The van der Waals surface area contributed by atoms with Crippen LogP contribution in [0.5, 0.6) is 0 Å². The number of anilines is 3. The Morgan fingerprint density at radius 1 is 0.933 bits per heavy atom. The van der Waals surface area contributed by atoms with Crippen molar-refractivity contribution in [1.29, 1.82) is 0 Å². The Kier molecular flexibility index (Phi) is 5.42. The van der Waals surface area contributed by atoms with E-state index in [9.17, 15) is 9.59 Å². The molecule has 1 aromatic heterocycles. The summed E-state index contributed by atoms with van der Waals surface area (Å²) in [5.74, 6) is -0.650. The van der Waals surface area contributed by atoms with Crippen LogP contribution in [0.1, 0.15) is 17.4 Å². The number of aryl methyl sites for hydroxylation is 1. The maximum Gasteiger partial charge on any atom is 0.282 e. The van der Waals surface area contributed by atoms with Crippen LogP contribution in [-0.4, -0.2) is 25.9 Å². The maximum atomic E-state index is 13.3. The maximum absolute atomic E-state index is 13.3. The smallest absolute Gasteiger partial charge is 0.282 e. The molecule has 4 rings (SSSR count). The van der Waals surface area contributed by atoms with Crippen LogP contribution in [0.2, 0.25) is 0 Å². The first-order valence-electron chi connectivity index (χ1n) is 9.80. The van der Waals surface area contributed by atoms with E-state index in [2.05, 4.69) is 12.2 Å². The molecule has 1 aliphatic heterocycles. The number of nitrogens with one attached hydrogen (secondary N) is 1. The molecule has 30 heavy (non-hydrogen) atoms. The Morgan fingerprint density at radius 2 is 1.63 bits per heavy atom. The molecule has 0 saturated heterocycles. The van der Waals surface area contributed by atoms with Crippen LogP contribution < -0.4 is 15.1 Å². The molecule has 0 fully saturated rings. The summed E-state index contributed by atoms with van der Waals surface area (Å²) in [5.41, 5.74) is 4.26. The fourth-order valence-electron chi connectivity index (χ4n) is 3.40. The average Bonchev–Trinajstić information content (AvgIpc) is 3.35. The molecular weight excluding hydrogens is 394 g/mol. The predicted octanol–water partition coefficient (Wildman–Crippen LogP) is 4.77. The van der Waals surface area contributed by atoms with E-state index in [0.717, 1.165) is 28.2 Å². The van der Waals surface area contributed by atoms with Crippen molar-refractivity contribution in [2.75, 3.05) is 29.2 Å². The van der Waals surface area contributed by atoms with E-state index < -0.39 is 0 Å². The zero-order valence-electron chi connectivity index (χ0n) is 17.2. The number of hydrogen-bond donors (Lipinski definition) is 1. The van der Waals surface area contributed by atoms with Crippen molar-refractivity contribution < 1.29 is 9.59 Å². The van der Waals surface area contributed by atoms with Gasteiger partial charge in [-0.2, -0.15) is 0 Å². The quantitative estimate of drug-likeness (QED) is 0.587. The molecule has 2 amide bonds. The van der Waals surface area contributed by atoms with Gasteiger partial charge < -0.3 is 10.2 Å². The second-order valence-corrected chi connectivity index (χ2v) is 8.21. The molecule has 0 radical (unpaired) electrons. The molecule has 2 heterocycles. The number of carbonyl (C=O) groups excluding carboxylic acids is 2. The van der Waals surface area contributed by atoms with Crippen molar-refractivity contribution in [1.82, 2.24) is 0 Å². The average molecular weight is 418 g/mol. The van der Waals surface area contributed by atoms with Gasteiger partial charge in [-0.25, -0.2) is 4.90 Å². The normalized spacial score (nSPS) is 13.9. The zero-order valence-corrected chi connectivity index (χ0v) is 18.0. The molecule has 0 unspecified atom stereocenters. The van der Waals surface area contributed by atoms with E-state index in [1.54, 1.807) is 0 Å². The van der Waals surface area contributed by atoms with Crippen LogP contribution in [0.3, 0.4) is 0 Å². The first-order valence-corrected chi connectivity index (χ1v) is 10.7. The van der Waals surface area contributed by atoms with Crippen LogP contribution in [-0.2, 0) is 16.0 Å². The topological polar surface area (TPSA) is 52.7 Å². The van der Waals surface area contributed by atoms with Gasteiger partial charge in [-0.15, -0.1) is 11.3 Å². The highest BCUT2D eigenvalue weighted by atomic mass is 32.1. The monoisotopic (exact) mass is 417 g/mol. The number of benzene rings is 2. The number of carbonyl (C=O) groups is 2. The number of amides is 2. The SMILES string of the molecule is CCc1ccc(N2C(=O)C(Nc3ccc(N(C)C)cc3)=C(c3cccs3)C2=O)cc1. The summed E-state index contributed by atoms with van der Waals surface area (Å²) >= 11 is 1.45. The number of thiophene rings is 1. The summed E-state index contributed by atoms with van der Waals surface area (Å²) in [4.78, 5) is 30.7. The molecule has 0 aliphatic carbocycles. The molecule has 0 atom stereocenters. The first kappa shape index (κ1) is 19.9. The number of rotatable bonds is 6. The van der Waals surface area contributed by atoms with Gasteiger partial charge in [0.15, 0.2) is 0 Å². The lowest BCUT2D eigenvalue weighted by atomic mass is 10.1. The fraction of sp³-hybridized carbons (Fsp3) is 0.167. The predicted molar refractivity (Wildman–Crippen MR) is 124 cm³/mol. The Hall–Kier alpha value is -3.38. The Balaban J connectivity index is 1.72. The molecule has 0 bridgehead atoms. The van der Waals surface area contributed by atoms with Gasteiger partial charge in [0.25, 0.3) is 11.8 Å². The van der Waals surface area contributed by atoms with Crippen LogP contribution in [0.25, 0.3) is 5.57 Å². The molecule has 5 nitrogen and oxygen atoms in total. The van der Waals surface area contributed by atoms with E-state index in [-0.39, 0.29) is 11.8 Å². The molecule has 3 aromatic rings. The van der Waals surface area contributed by atoms with Crippen LogP contribution >= 0.6 is 11.3 Å². The third kappa shape index (κ3) is 3.62. The Morgan fingerprint density at radius 3 is 2.20 bits per heavy atom. The van der Waals surface area contributed by atoms with Gasteiger partial charge >= 0.3 is 0 Å². The van der Waals surface area contributed by atoms with Crippen LogP contribution in [0.15, 0.2) is 71.7 Å². The molecule has 2 aromatic carbocycles. The Bertz CT molecular complexity index is 1100. The molecule has 0 saturated carbocycles. The van der Waals surface area contributed by atoms with Gasteiger partial charge in [0.2, 0.25) is 0 Å². The van der Waals surface area contributed by atoms with E-state index in [1.165, 1.54) is 16.2 Å². The first-order chi connectivity index (χ1) is 14.5. The summed E-state index contributed by atoms with van der Waals surface area (Å²) in [5, 5.41) is 5.11. The highest BCUT2D eigenvalue weighted by molar-refractivity contribution is 7.11. The minimum atomic E-state index is -0.343. The van der Waals surface area contributed by atoms with Gasteiger partial charge in [-0.3, -0.25) is 9.59 Å². The van der Waals surface area contributed by atoms with Gasteiger partial charge in [0.05, 0.1) is 11.3 Å². The number of hydrogen-bond acceptors (Lipinski definition) is 5. The molecule has 152 valence electrons. The Labute approximate surface area is 180 Å². The van der Waals surface area contributed by atoms with Crippen molar-refractivity contribution in [2.24, 2.45) is 0 Å². The molecular formula is C24H23N3O2S. The minimum Gasteiger partial charge on any atom is -0.378 e. The van der Waals surface area contributed by atoms with E-state index in [4.69, 9.17) is 0 Å². The third-order valence-corrected chi connectivity index (χ3v) is 5.99. The van der Waals surface area contributed by atoms with E-state index in [0.29, 0.717) is 17.0 Å². The molecule has 0 spiro atoms. The summed E-state index contributed by atoms with van der Waals surface area (Å²) < 4.78 is 0. The molecule has 6 heteroatoms. The van der Waals surface area contributed by atoms with Crippen molar-refractivity contribution in [3.8, 4) is 0 Å². The van der Waals surface area contributed by atoms with Crippen molar-refractivity contribution in [3.63, 3.8) is 0 Å². The van der Waals surface area contributed by atoms with Crippen LogP contribution in [0.4, 0.5) is 17.1 Å². The lowest BCUT2D eigenvalue weighted by Gasteiger charge is -2.16. The van der Waals surface area contributed by atoms with Crippen molar-refractivity contribution in [3.05, 3.63) is 82.2 Å². The van der Waals surface area contributed by atoms with E-state index in [1.807, 2.05) is 85.0 Å². The number of imide groups is 1. The van der Waals surface area contributed by atoms with Crippen molar-refractivity contribution >= 4 is 45.8 Å². The lowest BCUT2D eigenvalue weighted by molar-refractivity contribution is -0.120. The minimum absolute atomic E-state index is 0.305. The standard InChI is InChI=1S/C24H23N3O2S/c1-4-16-7-11-19(12-8-16)27-23(28)21(20-6-5-15-30-20)22(24(27)29)25-17-9-13-18(14-10-17)26(2)3/h5-15,25H,4H2,1-3H3. The van der Waals surface area contributed by atoms with Gasteiger partial charge in [-0.05, 0) is 59.8 Å². The fourth-order valence-corrected chi connectivity index (χ4v) is 4.17. The van der Waals surface area contributed by atoms with Crippen molar-refractivity contribution in [2.45, 2.75) is 13.3 Å². The van der Waals surface area contributed by atoms with Crippen LogP contribution in [0, 0.1) is 0 Å². The summed E-state index contributed by atoms with van der Waals surface area (Å²) in [7, 11) is 3.95. The summed E-state index contributed by atoms with van der Waals surface area (Å²) in [6.45, 7) is 2.07. The molecule has 1 N–H and O–H groups in total. The van der Waals surface area contributed by atoms with E-state index >= 15 is 0 Å². The third-order valence-electron chi connectivity index (χ3n) is 5.11. The lowest BCUT2D eigenvalue weighted by Crippen LogP contribution is -2.32. The second-order valence-electron chi connectivity index (χ2n) is 7.26. The highest BCUT2D eigenvalue weighted by Crippen LogP contribution is 2.35. The number of nitrogens with zero attached hydrogens (tertiary/aromatic N) is 2. The zero-order chi connectivity index (χ0) is 21.3. The highest BCUT2D eigenvalue weighted by Gasteiger charge is 2.40. The summed E-state index contributed by atoms with van der Waals surface area (Å²) in [6, 6.07) is 19.1. The van der Waals surface area contributed by atoms with Gasteiger partial charge in [0, 0.05) is 30.3 Å². The van der Waals surface area contributed by atoms with Gasteiger partial charge in [-0.1, -0.05) is 25.1 Å². The summed E-state index contributed by atoms with van der Waals surface area (Å²) in [6.07, 6.45) is 0.899.